The van der Waals surface area contributed by atoms with Gasteiger partial charge in [-0.25, -0.2) is 9.97 Å². The Hall–Kier alpha value is -3.52. The summed E-state index contributed by atoms with van der Waals surface area (Å²) in [5.41, 5.74) is 4.84. The van der Waals surface area contributed by atoms with Crippen molar-refractivity contribution in [1.29, 1.82) is 0 Å². The number of imidazole rings is 1. The first-order valence-corrected chi connectivity index (χ1v) is 11.5. The topological polar surface area (TPSA) is 86.0 Å². The van der Waals surface area contributed by atoms with Crippen LogP contribution in [0.1, 0.15) is 17.5 Å². The molecule has 1 N–H and O–H groups in total. The minimum atomic E-state index is -0.710. The Bertz CT molecular complexity index is 1350. The second-order valence-corrected chi connectivity index (χ2v) is 9.00. The summed E-state index contributed by atoms with van der Waals surface area (Å²) in [6.07, 6.45) is 5.71. The lowest BCUT2D eigenvalue weighted by atomic mass is 9.84. The van der Waals surface area contributed by atoms with E-state index in [4.69, 9.17) is 14.5 Å². The Balaban J connectivity index is 1.50. The summed E-state index contributed by atoms with van der Waals surface area (Å²) in [5.74, 6) is 0.305. The molecular weight excluding hydrogens is 438 g/mol. The number of methoxy groups -OCH3 is 2. The second kappa shape index (κ2) is 8.78. The Kier molecular flexibility index (Phi) is 5.68. The third-order valence-corrected chi connectivity index (χ3v) is 6.96. The van der Waals surface area contributed by atoms with E-state index >= 15 is 0 Å². The predicted molar refractivity (Wildman–Crippen MR) is 125 cm³/mol. The van der Waals surface area contributed by atoms with E-state index < -0.39 is 5.97 Å². The van der Waals surface area contributed by atoms with Gasteiger partial charge in [0.05, 0.1) is 25.8 Å². The van der Waals surface area contributed by atoms with Crippen LogP contribution in [0.4, 0.5) is 0 Å². The molecule has 2 heterocycles. The summed E-state index contributed by atoms with van der Waals surface area (Å²) in [4.78, 5) is 21.8. The van der Waals surface area contributed by atoms with Crippen molar-refractivity contribution >= 4 is 23.4 Å². The fourth-order valence-corrected chi connectivity index (χ4v) is 5.17. The van der Waals surface area contributed by atoms with Gasteiger partial charge >= 0.3 is 5.97 Å². The summed E-state index contributed by atoms with van der Waals surface area (Å²) >= 11 is 1.57. The molecule has 33 heavy (non-hydrogen) atoms. The maximum Gasteiger partial charge on any atom is 0.306 e. The number of carboxylic acid groups (broad SMARTS) is 1. The summed E-state index contributed by atoms with van der Waals surface area (Å²) in [6, 6.07) is 13.9. The molecule has 0 bridgehead atoms. The standard InChI is InChI=1S/C25H23N3O4S/c1-31-21-8-6-17(13-22(21)32-2)20-14-23-26-9-10-28(23)25(27-20)33-19-7-5-15-11-18(24(29)30)4-3-16(15)12-19/h5-10,12-14,18H,3-4,11H2,1-2H3,(H,29,30). The monoisotopic (exact) mass is 461 g/mol. The normalized spacial score (nSPS) is 15.3. The number of hydrogen-bond donors (Lipinski definition) is 1. The number of carboxylic acids is 1. The molecule has 0 spiro atoms. The molecule has 0 radical (unpaired) electrons. The van der Waals surface area contributed by atoms with Crippen LogP contribution >= 0.6 is 11.8 Å². The van der Waals surface area contributed by atoms with Crippen LogP contribution in [-0.4, -0.2) is 39.7 Å². The Morgan fingerprint density at radius 3 is 2.73 bits per heavy atom. The van der Waals surface area contributed by atoms with Crippen molar-refractivity contribution in [3.8, 4) is 22.8 Å². The van der Waals surface area contributed by atoms with Crippen molar-refractivity contribution in [1.82, 2.24) is 14.4 Å². The van der Waals surface area contributed by atoms with Crippen LogP contribution in [0.25, 0.3) is 16.9 Å². The number of aromatic nitrogens is 3. The van der Waals surface area contributed by atoms with Crippen molar-refractivity contribution in [2.45, 2.75) is 29.3 Å². The molecule has 4 aromatic rings. The smallest absolute Gasteiger partial charge is 0.306 e. The Morgan fingerprint density at radius 2 is 1.94 bits per heavy atom. The highest BCUT2D eigenvalue weighted by Crippen LogP contribution is 2.35. The van der Waals surface area contributed by atoms with E-state index in [2.05, 4.69) is 17.1 Å². The maximum absolute atomic E-state index is 11.4. The average Bonchev–Trinajstić information content (AvgIpc) is 3.32. The molecule has 0 saturated heterocycles. The van der Waals surface area contributed by atoms with Gasteiger partial charge in [-0.1, -0.05) is 17.8 Å². The van der Waals surface area contributed by atoms with Gasteiger partial charge in [-0.05, 0) is 60.7 Å². The van der Waals surface area contributed by atoms with Gasteiger partial charge in [-0.3, -0.25) is 9.20 Å². The van der Waals surface area contributed by atoms with Crippen LogP contribution in [0.2, 0.25) is 0 Å². The molecule has 2 aromatic heterocycles. The number of rotatable bonds is 6. The van der Waals surface area contributed by atoms with E-state index in [0.717, 1.165) is 38.9 Å². The molecule has 1 unspecified atom stereocenters. The lowest BCUT2D eigenvalue weighted by Crippen LogP contribution is -2.22. The van der Waals surface area contributed by atoms with Crippen LogP contribution in [-0.2, 0) is 17.6 Å². The minimum absolute atomic E-state index is 0.290. The molecule has 8 heteroatoms. The number of fused-ring (bicyclic) bond motifs is 2. The fraction of sp³-hybridized carbons (Fsp3) is 0.240. The third-order valence-electron chi connectivity index (χ3n) is 6.00. The summed E-state index contributed by atoms with van der Waals surface area (Å²) in [5, 5.41) is 10.1. The highest BCUT2D eigenvalue weighted by Gasteiger charge is 2.24. The largest absolute Gasteiger partial charge is 0.493 e. The van der Waals surface area contributed by atoms with Gasteiger partial charge < -0.3 is 14.6 Å². The van der Waals surface area contributed by atoms with Crippen LogP contribution in [0.15, 0.2) is 64.9 Å². The van der Waals surface area contributed by atoms with Crippen molar-refractivity contribution in [2.24, 2.45) is 5.92 Å². The summed E-state index contributed by atoms with van der Waals surface area (Å²) < 4.78 is 12.8. The maximum atomic E-state index is 11.4. The van der Waals surface area contributed by atoms with E-state index in [-0.39, 0.29) is 5.92 Å². The number of ether oxygens (including phenoxy) is 2. The van der Waals surface area contributed by atoms with Crippen molar-refractivity contribution in [2.75, 3.05) is 14.2 Å². The first kappa shape index (κ1) is 21.3. The van der Waals surface area contributed by atoms with E-state index in [1.165, 1.54) is 5.56 Å². The summed E-state index contributed by atoms with van der Waals surface area (Å²) in [7, 11) is 3.23. The minimum Gasteiger partial charge on any atom is -0.493 e. The van der Waals surface area contributed by atoms with E-state index in [9.17, 15) is 9.90 Å². The molecule has 0 saturated carbocycles. The zero-order valence-electron chi connectivity index (χ0n) is 18.3. The van der Waals surface area contributed by atoms with Gasteiger partial charge in [0.25, 0.3) is 0 Å². The molecule has 168 valence electrons. The zero-order valence-corrected chi connectivity index (χ0v) is 19.1. The van der Waals surface area contributed by atoms with Gasteiger partial charge in [0.1, 0.15) is 5.65 Å². The summed E-state index contributed by atoms with van der Waals surface area (Å²) in [6.45, 7) is 0. The van der Waals surface area contributed by atoms with Crippen molar-refractivity contribution in [3.05, 3.63) is 66.0 Å². The number of aryl methyl sites for hydroxylation is 1. The Labute approximate surface area is 195 Å². The van der Waals surface area contributed by atoms with E-state index in [1.54, 1.807) is 32.2 Å². The number of nitrogens with zero attached hydrogens (tertiary/aromatic N) is 3. The van der Waals surface area contributed by atoms with Crippen molar-refractivity contribution < 1.29 is 19.4 Å². The third kappa shape index (κ3) is 4.14. The van der Waals surface area contributed by atoms with Crippen LogP contribution < -0.4 is 9.47 Å². The van der Waals surface area contributed by atoms with Crippen LogP contribution in [0.5, 0.6) is 11.5 Å². The average molecular weight is 462 g/mol. The van der Waals surface area contributed by atoms with Crippen molar-refractivity contribution in [3.63, 3.8) is 0 Å². The molecule has 5 rings (SSSR count). The van der Waals surface area contributed by atoms with Gasteiger partial charge in [-0.2, -0.15) is 0 Å². The van der Waals surface area contributed by atoms with Gasteiger partial charge in [0.2, 0.25) is 0 Å². The first-order valence-electron chi connectivity index (χ1n) is 10.6. The molecule has 0 fully saturated rings. The molecule has 1 atom stereocenters. The Morgan fingerprint density at radius 1 is 1.09 bits per heavy atom. The number of aliphatic carboxylic acids is 1. The zero-order chi connectivity index (χ0) is 22.9. The van der Waals surface area contributed by atoms with Gasteiger partial charge in [0, 0.05) is 28.9 Å². The fourth-order valence-electron chi connectivity index (χ4n) is 4.22. The second-order valence-electron chi connectivity index (χ2n) is 7.96. The van der Waals surface area contributed by atoms with E-state index in [0.29, 0.717) is 24.3 Å². The molecule has 7 nitrogen and oxygen atoms in total. The molecule has 1 aliphatic carbocycles. The lowest BCUT2D eigenvalue weighted by molar-refractivity contribution is -0.142. The SMILES string of the molecule is COc1ccc(-c2cc3nccn3c(Sc3ccc4c(c3)CCC(C(=O)O)C4)n2)cc1OC. The first-order chi connectivity index (χ1) is 16.1. The number of benzene rings is 2. The lowest BCUT2D eigenvalue weighted by Gasteiger charge is -2.22. The predicted octanol–water partition coefficient (Wildman–Crippen LogP) is 4.75. The number of hydrogen-bond acceptors (Lipinski definition) is 6. The molecule has 2 aromatic carbocycles. The number of carbonyl (C=O) groups is 1. The highest BCUT2D eigenvalue weighted by molar-refractivity contribution is 7.99. The molecular formula is C25H23N3O4S. The molecule has 1 aliphatic rings. The quantitative estimate of drug-likeness (QED) is 0.415. The van der Waals surface area contributed by atoms with Crippen LogP contribution in [0, 0.1) is 5.92 Å². The van der Waals surface area contributed by atoms with Gasteiger partial charge in [-0.15, -0.1) is 0 Å². The highest BCUT2D eigenvalue weighted by atomic mass is 32.2. The molecule has 0 aliphatic heterocycles. The van der Waals surface area contributed by atoms with Gasteiger partial charge in [0.15, 0.2) is 16.7 Å². The van der Waals surface area contributed by atoms with Crippen LogP contribution in [0.3, 0.4) is 0 Å². The van der Waals surface area contributed by atoms with E-state index in [1.807, 2.05) is 40.9 Å². The molecule has 0 amide bonds.